The highest BCUT2D eigenvalue weighted by Gasteiger charge is 2.18. The first-order valence-corrected chi connectivity index (χ1v) is 6.88. The molecule has 0 saturated carbocycles. The van der Waals surface area contributed by atoms with Crippen molar-refractivity contribution in [2.24, 2.45) is 0 Å². The fourth-order valence-electron chi connectivity index (χ4n) is 3.03. The predicted molar refractivity (Wildman–Crippen MR) is 82.5 cm³/mol. The summed E-state index contributed by atoms with van der Waals surface area (Å²) in [6, 6.07) is 4.67. The number of piperidine rings is 1. The van der Waals surface area contributed by atoms with Gasteiger partial charge in [0, 0.05) is 5.39 Å². The van der Waals surface area contributed by atoms with Crippen LogP contribution in [-0.4, -0.2) is 13.1 Å². The fourth-order valence-corrected chi connectivity index (χ4v) is 3.03. The van der Waals surface area contributed by atoms with Gasteiger partial charge < -0.3 is 9.73 Å². The Labute approximate surface area is 121 Å². The highest BCUT2D eigenvalue weighted by Crippen LogP contribution is 2.33. The summed E-state index contributed by atoms with van der Waals surface area (Å²) in [5, 5.41) is 4.74. The second-order valence-electron chi connectivity index (χ2n) is 5.52. The maximum absolute atomic E-state index is 5.86. The molecule has 104 valence electrons. The molecule has 0 bridgehead atoms. The van der Waals surface area contributed by atoms with Gasteiger partial charge in [-0.1, -0.05) is 6.07 Å². The summed E-state index contributed by atoms with van der Waals surface area (Å²) in [4.78, 5) is 0. The van der Waals surface area contributed by atoms with Crippen molar-refractivity contribution in [1.82, 2.24) is 5.32 Å². The van der Waals surface area contributed by atoms with Crippen LogP contribution in [0.25, 0.3) is 11.0 Å². The number of rotatable bonds is 1. The molecule has 1 aliphatic heterocycles. The molecule has 0 unspecified atom stereocenters. The first-order chi connectivity index (χ1) is 8.66. The molecule has 1 fully saturated rings. The lowest BCUT2D eigenvalue weighted by Gasteiger charge is -2.23. The molecule has 2 nitrogen and oxygen atoms in total. The molecule has 1 N–H and O–H groups in total. The summed E-state index contributed by atoms with van der Waals surface area (Å²) in [5.41, 5.74) is 5.13. The van der Waals surface area contributed by atoms with E-state index in [9.17, 15) is 0 Å². The molecule has 3 rings (SSSR count). The lowest BCUT2D eigenvalue weighted by atomic mass is 9.88. The van der Waals surface area contributed by atoms with Crippen LogP contribution in [0.2, 0.25) is 0 Å². The Morgan fingerprint density at radius 3 is 2.47 bits per heavy atom. The number of halogens is 1. The molecule has 0 aliphatic carbocycles. The zero-order valence-electron chi connectivity index (χ0n) is 11.9. The van der Waals surface area contributed by atoms with Gasteiger partial charge in [-0.25, -0.2) is 0 Å². The van der Waals surface area contributed by atoms with Crippen molar-refractivity contribution in [3.8, 4) is 0 Å². The van der Waals surface area contributed by atoms with Gasteiger partial charge in [-0.3, -0.25) is 0 Å². The molecule has 1 saturated heterocycles. The molecule has 1 aliphatic rings. The maximum Gasteiger partial charge on any atom is 0.137 e. The molecule has 0 radical (unpaired) electrons. The molecule has 0 spiro atoms. The standard InChI is InChI=1S/C16H21NO.ClH/c1-10-8-14(13-4-6-17-7-5-13)9-15-11(2)12(3)18-16(10)15;/h8-9,13,17H,4-7H2,1-3H3;1H. The third kappa shape index (κ3) is 2.52. The maximum atomic E-state index is 5.86. The number of fused-ring (bicyclic) bond motifs is 1. The van der Waals surface area contributed by atoms with E-state index in [0.29, 0.717) is 5.92 Å². The second kappa shape index (κ2) is 5.56. The van der Waals surface area contributed by atoms with E-state index in [4.69, 9.17) is 4.42 Å². The van der Waals surface area contributed by atoms with Crippen molar-refractivity contribution < 1.29 is 4.42 Å². The van der Waals surface area contributed by atoms with Gasteiger partial charge in [-0.2, -0.15) is 0 Å². The minimum absolute atomic E-state index is 0. The molecular weight excluding hydrogens is 258 g/mol. The number of benzene rings is 1. The Morgan fingerprint density at radius 1 is 1.11 bits per heavy atom. The van der Waals surface area contributed by atoms with E-state index in [-0.39, 0.29) is 12.4 Å². The number of hydrogen-bond acceptors (Lipinski definition) is 2. The Bertz CT molecular complexity index is 582. The van der Waals surface area contributed by atoms with E-state index in [2.05, 4.69) is 38.2 Å². The number of hydrogen-bond donors (Lipinski definition) is 1. The van der Waals surface area contributed by atoms with Gasteiger partial charge in [0.05, 0.1) is 0 Å². The molecule has 19 heavy (non-hydrogen) atoms. The van der Waals surface area contributed by atoms with Crippen molar-refractivity contribution in [3.63, 3.8) is 0 Å². The summed E-state index contributed by atoms with van der Waals surface area (Å²) in [7, 11) is 0. The molecule has 0 atom stereocenters. The van der Waals surface area contributed by atoms with Gasteiger partial charge in [-0.05, 0) is 75.4 Å². The molecular formula is C16H22ClNO. The van der Waals surface area contributed by atoms with Crippen LogP contribution in [0.4, 0.5) is 0 Å². The Balaban J connectivity index is 0.00000133. The van der Waals surface area contributed by atoms with Gasteiger partial charge in [-0.15, -0.1) is 12.4 Å². The summed E-state index contributed by atoms with van der Waals surface area (Å²) in [6.07, 6.45) is 2.50. The summed E-state index contributed by atoms with van der Waals surface area (Å²) < 4.78 is 5.86. The lowest BCUT2D eigenvalue weighted by Crippen LogP contribution is -2.26. The van der Waals surface area contributed by atoms with Crippen LogP contribution in [0, 0.1) is 20.8 Å². The summed E-state index contributed by atoms with van der Waals surface area (Å²) in [5.74, 6) is 1.76. The largest absolute Gasteiger partial charge is 0.461 e. The van der Waals surface area contributed by atoms with Crippen LogP contribution in [0.15, 0.2) is 16.5 Å². The highest BCUT2D eigenvalue weighted by molar-refractivity contribution is 5.86. The van der Waals surface area contributed by atoms with E-state index in [1.165, 1.54) is 34.9 Å². The molecule has 2 heterocycles. The van der Waals surface area contributed by atoms with E-state index < -0.39 is 0 Å². The fraction of sp³-hybridized carbons (Fsp3) is 0.500. The molecule has 1 aromatic carbocycles. The quantitative estimate of drug-likeness (QED) is 0.844. The molecule has 1 aromatic heterocycles. The Hall–Kier alpha value is -0.990. The van der Waals surface area contributed by atoms with Crippen molar-refractivity contribution in [2.75, 3.05) is 13.1 Å². The average Bonchev–Trinajstić information content (AvgIpc) is 2.68. The van der Waals surface area contributed by atoms with E-state index in [1.54, 1.807) is 0 Å². The predicted octanol–water partition coefficient (Wildman–Crippen LogP) is 4.25. The second-order valence-corrected chi connectivity index (χ2v) is 5.52. The van der Waals surface area contributed by atoms with Crippen molar-refractivity contribution >= 4 is 23.4 Å². The zero-order valence-corrected chi connectivity index (χ0v) is 12.7. The summed E-state index contributed by atoms with van der Waals surface area (Å²) >= 11 is 0. The van der Waals surface area contributed by atoms with Crippen LogP contribution in [0.3, 0.4) is 0 Å². The van der Waals surface area contributed by atoms with Gasteiger partial charge >= 0.3 is 0 Å². The monoisotopic (exact) mass is 279 g/mol. The molecule has 0 amide bonds. The number of nitrogens with one attached hydrogen (secondary N) is 1. The van der Waals surface area contributed by atoms with Gasteiger partial charge in [0.2, 0.25) is 0 Å². The third-order valence-electron chi connectivity index (χ3n) is 4.29. The van der Waals surface area contributed by atoms with Gasteiger partial charge in [0.25, 0.3) is 0 Å². The minimum Gasteiger partial charge on any atom is -0.461 e. The van der Waals surface area contributed by atoms with Gasteiger partial charge in [0.1, 0.15) is 11.3 Å². The Kier molecular flexibility index (Phi) is 4.22. The van der Waals surface area contributed by atoms with E-state index in [1.807, 2.05) is 0 Å². The Morgan fingerprint density at radius 2 is 1.79 bits per heavy atom. The average molecular weight is 280 g/mol. The van der Waals surface area contributed by atoms with Crippen LogP contribution in [-0.2, 0) is 0 Å². The van der Waals surface area contributed by atoms with Gasteiger partial charge in [0.15, 0.2) is 0 Å². The molecule has 2 aromatic rings. The third-order valence-corrected chi connectivity index (χ3v) is 4.29. The first-order valence-electron chi connectivity index (χ1n) is 6.88. The van der Waals surface area contributed by atoms with Crippen molar-refractivity contribution in [3.05, 3.63) is 34.6 Å². The number of aryl methyl sites for hydroxylation is 3. The van der Waals surface area contributed by atoms with Crippen molar-refractivity contribution in [2.45, 2.75) is 39.5 Å². The van der Waals surface area contributed by atoms with Crippen LogP contribution < -0.4 is 5.32 Å². The number of furan rings is 1. The van der Waals surface area contributed by atoms with E-state index in [0.717, 1.165) is 24.4 Å². The minimum atomic E-state index is 0. The van der Waals surface area contributed by atoms with Crippen LogP contribution >= 0.6 is 12.4 Å². The van der Waals surface area contributed by atoms with Crippen molar-refractivity contribution in [1.29, 1.82) is 0 Å². The first kappa shape index (κ1) is 14.4. The lowest BCUT2D eigenvalue weighted by molar-refractivity contribution is 0.460. The van der Waals surface area contributed by atoms with Crippen LogP contribution in [0.1, 0.15) is 41.2 Å². The SMILES string of the molecule is Cc1oc2c(C)cc(C3CCNCC3)cc2c1C.Cl. The normalized spacial score (nSPS) is 16.6. The summed E-state index contributed by atoms with van der Waals surface area (Å²) in [6.45, 7) is 8.66. The van der Waals surface area contributed by atoms with E-state index >= 15 is 0 Å². The zero-order chi connectivity index (χ0) is 12.7. The van der Waals surface area contributed by atoms with Crippen LogP contribution in [0.5, 0.6) is 0 Å². The molecule has 3 heteroatoms. The highest BCUT2D eigenvalue weighted by atomic mass is 35.5. The topological polar surface area (TPSA) is 25.2 Å². The smallest absolute Gasteiger partial charge is 0.137 e.